The Bertz CT molecular complexity index is 1820. The number of rotatable bonds is 10. The summed E-state index contributed by atoms with van der Waals surface area (Å²) in [5.41, 5.74) is 2.13. The summed E-state index contributed by atoms with van der Waals surface area (Å²) in [6, 6.07) is 14.4. The minimum absolute atomic E-state index is 0.00106. The standard InChI is InChI=1S/C42H50N2O10/c1-40(2,3)51-33(46)16-14-29(23-45)43-39(48)42-21-32-34-35(53-41(52-34)19-27-9-4-5-10-28(27)20-41)37(42)54-44(36(42)38(47)50-32)22-26-8-6-7-24(17-26)11-12-25-13-15-30-31(18-25)49-30/h4-12,17,25,29-32,34-37,45H,13-16,18-23H2,1-3H3,(H,43,48). The van der Waals surface area contributed by atoms with Gasteiger partial charge in [0.25, 0.3) is 0 Å². The highest BCUT2D eigenvalue weighted by Gasteiger charge is 2.76. The monoisotopic (exact) mass is 742 g/mol. The summed E-state index contributed by atoms with van der Waals surface area (Å²) >= 11 is 0. The van der Waals surface area contributed by atoms with Gasteiger partial charge in [0.2, 0.25) is 5.91 Å². The average molecular weight is 743 g/mol. The summed E-state index contributed by atoms with van der Waals surface area (Å²) < 4.78 is 30.9. The van der Waals surface area contributed by atoms with Gasteiger partial charge in [0.1, 0.15) is 35.4 Å². The maximum absolute atomic E-state index is 14.8. The molecule has 12 heteroatoms. The van der Waals surface area contributed by atoms with Gasteiger partial charge in [-0.2, -0.15) is 5.06 Å². The van der Waals surface area contributed by atoms with Crippen molar-refractivity contribution in [3.05, 3.63) is 76.9 Å². The third kappa shape index (κ3) is 6.58. The molecule has 10 unspecified atom stereocenters. The number of aliphatic hydroxyl groups excluding tert-OH is 1. The van der Waals surface area contributed by atoms with Crippen molar-refractivity contribution in [2.45, 2.75) is 139 Å². The van der Waals surface area contributed by atoms with Gasteiger partial charge < -0.3 is 34.1 Å². The number of hydroxylamine groups is 2. The van der Waals surface area contributed by atoms with Gasteiger partial charge in [-0.25, -0.2) is 0 Å². The molecule has 12 nitrogen and oxygen atoms in total. The Balaban J connectivity index is 0.991. The Hall–Kier alpha value is -3.65. The zero-order valence-corrected chi connectivity index (χ0v) is 31.1. The minimum Gasteiger partial charge on any atom is -0.460 e. The van der Waals surface area contributed by atoms with Crippen LogP contribution in [0.2, 0.25) is 0 Å². The molecule has 2 aromatic carbocycles. The van der Waals surface area contributed by atoms with Crippen molar-refractivity contribution in [3.63, 3.8) is 0 Å². The molecule has 288 valence electrons. The van der Waals surface area contributed by atoms with Crippen LogP contribution in [0.15, 0.2) is 54.6 Å². The smallest absolute Gasteiger partial charge is 0.327 e. The maximum atomic E-state index is 14.8. The average Bonchev–Trinajstić information content (AvgIpc) is 3.48. The number of hydrogen-bond acceptors (Lipinski definition) is 11. The maximum Gasteiger partial charge on any atom is 0.327 e. The lowest BCUT2D eigenvalue weighted by atomic mass is 9.62. The lowest BCUT2D eigenvalue weighted by Gasteiger charge is -2.49. The molecule has 2 bridgehead atoms. The van der Waals surface area contributed by atoms with Crippen molar-refractivity contribution in [1.29, 1.82) is 0 Å². The number of benzene rings is 2. The molecule has 9 rings (SSSR count). The SMILES string of the molecule is CC(C)(C)OC(=O)CCC(CO)NC(=O)C12CC3OC(=O)C1N(Cc1cccc(C=CC4CCC5OC5C4)c1)OC2C1OC2(Cc4ccccc4C2)OC31. The molecule has 2 N–H and O–H groups in total. The number of carbonyl (C=O) groups excluding carboxylic acids is 3. The van der Waals surface area contributed by atoms with E-state index in [4.69, 9.17) is 28.5 Å². The molecule has 0 aromatic heterocycles. The van der Waals surface area contributed by atoms with Crippen LogP contribution in [-0.2, 0) is 62.3 Å². The number of ether oxygens (including phenoxy) is 5. The van der Waals surface area contributed by atoms with E-state index in [9.17, 15) is 19.5 Å². The molecular weight excluding hydrogens is 692 g/mol. The highest BCUT2D eigenvalue weighted by Crippen LogP contribution is 2.58. The van der Waals surface area contributed by atoms with E-state index in [1.54, 1.807) is 25.8 Å². The van der Waals surface area contributed by atoms with Gasteiger partial charge in [0.05, 0.1) is 31.4 Å². The second kappa shape index (κ2) is 13.5. The van der Waals surface area contributed by atoms with E-state index in [0.717, 1.165) is 41.5 Å². The fourth-order valence-electron chi connectivity index (χ4n) is 9.81. The minimum atomic E-state index is -1.41. The lowest BCUT2D eigenvalue weighted by Crippen LogP contribution is -2.70. The lowest BCUT2D eigenvalue weighted by molar-refractivity contribution is -0.217. The van der Waals surface area contributed by atoms with Gasteiger partial charge in [-0.05, 0) is 74.6 Å². The molecule has 3 aliphatic carbocycles. The number of esters is 2. The molecule has 2 saturated carbocycles. The van der Waals surface area contributed by atoms with E-state index < -0.39 is 77.8 Å². The largest absolute Gasteiger partial charge is 0.460 e. The second-order valence-electron chi connectivity index (χ2n) is 17.3. The number of nitrogens with one attached hydrogen (secondary N) is 1. The molecule has 4 saturated heterocycles. The van der Waals surface area contributed by atoms with Crippen LogP contribution in [-0.4, -0.2) is 94.7 Å². The molecule has 4 heterocycles. The highest BCUT2D eigenvalue weighted by atomic mass is 16.8. The van der Waals surface area contributed by atoms with Crippen molar-refractivity contribution < 1.29 is 48.0 Å². The Labute approximate surface area is 315 Å². The van der Waals surface area contributed by atoms with Crippen molar-refractivity contribution in [2.75, 3.05) is 6.61 Å². The van der Waals surface area contributed by atoms with Crippen molar-refractivity contribution in [1.82, 2.24) is 10.4 Å². The van der Waals surface area contributed by atoms with Crippen molar-refractivity contribution in [3.8, 4) is 0 Å². The summed E-state index contributed by atoms with van der Waals surface area (Å²) in [5, 5.41) is 15.0. The molecule has 1 spiro atoms. The fourth-order valence-corrected chi connectivity index (χ4v) is 9.81. The van der Waals surface area contributed by atoms with Crippen molar-refractivity contribution in [2.24, 2.45) is 11.3 Å². The number of amides is 1. The van der Waals surface area contributed by atoms with Crippen LogP contribution < -0.4 is 5.32 Å². The highest BCUT2D eigenvalue weighted by molar-refractivity contribution is 5.93. The van der Waals surface area contributed by atoms with Crippen LogP contribution in [0.3, 0.4) is 0 Å². The zero-order valence-electron chi connectivity index (χ0n) is 31.1. The van der Waals surface area contributed by atoms with Crippen molar-refractivity contribution >= 4 is 23.9 Å². The first-order valence-electron chi connectivity index (χ1n) is 19.5. The Kier molecular flexibility index (Phi) is 9.02. The number of nitrogens with zero attached hydrogens (tertiary/aromatic N) is 1. The predicted octanol–water partition coefficient (Wildman–Crippen LogP) is 3.95. The number of epoxide rings is 1. The molecule has 10 atom stereocenters. The molecule has 0 radical (unpaired) electrons. The van der Waals surface area contributed by atoms with Gasteiger partial charge in [0, 0.05) is 25.7 Å². The molecule has 6 fully saturated rings. The van der Waals surface area contributed by atoms with Gasteiger partial charge in [-0.15, -0.1) is 0 Å². The van der Waals surface area contributed by atoms with E-state index in [-0.39, 0.29) is 25.8 Å². The zero-order chi connectivity index (χ0) is 37.4. The number of hydrogen-bond donors (Lipinski definition) is 2. The topological polar surface area (TPSA) is 145 Å². The first-order chi connectivity index (χ1) is 25.9. The van der Waals surface area contributed by atoms with Crippen LogP contribution in [0.5, 0.6) is 0 Å². The van der Waals surface area contributed by atoms with E-state index in [1.807, 2.05) is 24.3 Å². The van der Waals surface area contributed by atoms with Gasteiger partial charge in [0.15, 0.2) is 11.8 Å². The quantitative estimate of drug-likeness (QED) is 0.270. The van der Waals surface area contributed by atoms with Crippen LogP contribution in [0, 0.1) is 11.3 Å². The van der Waals surface area contributed by atoms with Crippen LogP contribution >= 0.6 is 0 Å². The van der Waals surface area contributed by atoms with Crippen LogP contribution in [0.25, 0.3) is 6.08 Å². The number of carbonyl (C=O) groups is 3. The summed E-state index contributed by atoms with van der Waals surface area (Å²) in [7, 11) is 0. The normalized spacial score (nSPS) is 34.9. The molecular formula is C42H50N2O10. The third-order valence-corrected chi connectivity index (χ3v) is 12.3. The summed E-state index contributed by atoms with van der Waals surface area (Å²) in [6.07, 6.45) is 6.96. The second-order valence-corrected chi connectivity index (χ2v) is 17.3. The molecule has 2 aromatic rings. The molecule has 7 aliphatic rings. The van der Waals surface area contributed by atoms with Crippen LogP contribution in [0.1, 0.15) is 81.5 Å². The molecule has 1 amide bonds. The van der Waals surface area contributed by atoms with Gasteiger partial charge in [-0.1, -0.05) is 60.7 Å². The van der Waals surface area contributed by atoms with Gasteiger partial charge >= 0.3 is 11.9 Å². The Morgan fingerprint density at radius 2 is 1.81 bits per heavy atom. The molecule has 4 aliphatic heterocycles. The summed E-state index contributed by atoms with van der Waals surface area (Å²) in [6.45, 7) is 5.18. The fraction of sp³-hybridized carbons (Fsp3) is 0.595. The Morgan fingerprint density at radius 3 is 2.56 bits per heavy atom. The van der Waals surface area contributed by atoms with E-state index in [2.05, 4.69) is 41.7 Å². The third-order valence-electron chi connectivity index (χ3n) is 12.3. The first-order valence-corrected chi connectivity index (χ1v) is 19.5. The predicted molar refractivity (Wildman–Crippen MR) is 193 cm³/mol. The van der Waals surface area contributed by atoms with Gasteiger partial charge in [-0.3, -0.25) is 19.2 Å². The summed E-state index contributed by atoms with van der Waals surface area (Å²) in [4.78, 5) is 48.3. The Morgan fingerprint density at radius 1 is 1.04 bits per heavy atom. The first kappa shape index (κ1) is 36.0. The van der Waals surface area contributed by atoms with E-state index >= 15 is 0 Å². The van der Waals surface area contributed by atoms with E-state index in [1.165, 1.54) is 0 Å². The number of allylic oxidation sites excluding steroid dienone is 1. The van der Waals surface area contributed by atoms with Crippen LogP contribution in [0.4, 0.5) is 0 Å². The summed E-state index contributed by atoms with van der Waals surface area (Å²) in [5.74, 6) is -1.93. The number of aliphatic hydroxyl groups is 1. The number of fused-ring (bicyclic) bond motifs is 6. The van der Waals surface area contributed by atoms with E-state index in [0.29, 0.717) is 31.0 Å². The molecule has 54 heavy (non-hydrogen) atoms.